The van der Waals surface area contributed by atoms with E-state index < -0.39 is 0 Å². The summed E-state index contributed by atoms with van der Waals surface area (Å²) >= 11 is 14.3. The largest absolute Gasteiger partial charge is 0.331 e. The molecule has 0 aliphatic heterocycles. The summed E-state index contributed by atoms with van der Waals surface area (Å²) in [5, 5.41) is 8.17. The predicted octanol–water partition coefficient (Wildman–Crippen LogP) is 4.42. The van der Waals surface area contributed by atoms with E-state index in [9.17, 15) is 0 Å². The first-order valence-corrected chi connectivity index (χ1v) is 7.32. The average molecular weight is 369 g/mol. The molecule has 0 fully saturated rings. The van der Waals surface area contributed by atoms with Gasteiger partial charge < -0.3 is 5.32 Å². The predicted molar refractivity (Wildman–Crippen MR) is 92.5 cm³/mol. The van der Waals surface area contributed by atoms with Crippen molar-refractivity contribution in [3.8, 4) is 0 Å². The summed E-state index contributed by atoms with van der Waals surface area (Å²) in [6.07, 6.45) is 1.70. The van der Waals surface area contributed by atoms with Gasteiger partial charge in [0.1, 0.15) is 0 Å². The third-order valence-electron chi connectivity index (χ3n) is 2.33. The molecule has 0 aromatic heterocycles. The number of benzene rings is 2. The Morgan fingerprint density at radius 1 is 1.20 bits per heavy atom. The van der Waals surface area contributed by atoms with Gasteiger partial charge >= 0.3 is 0 Å². The second-order valence-electron chi connectivity index (χ2n) is 3.89. The van der Waals surface area contributed by atoms with E-state index in [2.05, 4.69) is 31.8 Å². The summed E-state index contributed by atoms with van der Waals surface area (Å²) in [5.74, 6) is 0. The van der Waals surface area contributed by atoms with Crippen molar-refractivity contribution in [2.75, 3.05) is 5.32 Å². The van der Waals surface area contributed by atoms with Crippen molar-refractivity contribution < 1.29 is 0 Å². The molecule has 0 heterocycles. The SMILES string of the molecule is S=C(NN=Cc1cccc(Br)c1)Nc1ccc(Cl)cc1. The van der Waals surface area contributed by atoms with Gasteiger partial charge in [-0.2, -0.15) is 5.10 Å². The fourth-order valence-electron chi connectivity index (χ4n) is 1.44. The monoisotopic (exact) mass is 367 g/mol. The highest BCUT2D eigenvalue weighted by molar-refractivity contribution is 9.10. The van der Waals surface area contributed by atoms with Crippen molar-refractivity contribution in [3.63, 3.8) is 0 Å². The Hall–Kier alpha value is -1.43. The molecule has 2 rings (SSSR count). The van der Waals surface area contributed by atoms with Crippen LogP contribution in [0.1, 0.15) is 5.56 Å². The van der Waals surface area contributed by atoms with E-state index >= 15 is 0 Å². The number of hydrogen-bond acceptors (Lipinski definition) is 2. The van der Waals surface area contributed by atoms with Crippen LogP contribution in [0.5, 0.6) is 0 Å². The second-order valence-corrected chi connectivity index (χ2v) is 5.65. The van der Waals surface area contributed by atoms with Crippen LogP contribution in [0.2, 0.25) is 5.02 Å². The molecule has 0 bridgehead atoms. The first-order valence-electron chi connectivity index (χ1n) is 5.75. The molecule has 0 radical (unpaired) electrons. The van der Waals surface area contributed by atoms with E-state index in [1.54, 1.807) is 18.3 Å². The van der Waals surface area contributed by atoms with E-state index in [4.69, 9.17) is 23.8 Å². The Bertz CT molecular complexity index is 629. The molecule has 0 aliphatic rings. The van der Waals surface area contributed by atoms with Crippen LogP contribution in [0.15, 0.2) is 58.1 Å². The topological polar surface area (TPSA) is 36.4 Å². The molecular weight excluding hydrogens is 358 g/mol. The number of halogens is 2. The molecule has 0 saturated heterocycles. The van der Waals surface area contributed by atoms with Gasteiger partial charge in [-0.3, -0.25) is 5.43 Å². The summed E-state index contributed by atoms with van der Waals surface area (Å²) in [5.41, 5.74) is 4.58. The minimum Gasteiger partial charge on any atom is -0.331 e. The smallest absolute Gasteiger partial charge is 0.191 e. The fraction of sp³-hybridized carbons (Fsp3) is 0. The third kappa shape index (κ3) is 4.92. The lowest BCUT2D eigenvalue weighted by Crippen LogP contribution is -2.23. The molecule has 0 atom stereocenters. The van der Waals surface area contributed by atoms with Crippen molar-refractivity contribution >= 4 is 56.8 Å². The molecule has 6 heteroatoms. The molecule has 3 nitrogen and oxygen atoms in total. The number of hydrazone groups is 1. The van der Waals surface area contributed by atoms with Crippen LogP contribution in [-0.2, 0) is 0 Å². The molecule has 0 aliphatic carbocycles. The van der Waals surface area contributed by atoms with Gasteiger partial charge in [0.05, 0.1) is 6.21 Å². The molecule has 102 valence electrons. The van der Waals surface area contributed by atoms with Crippen LogP contribution in [-0.4, -0.2) is 11.3 Å². The lowest BCUT2D eigenvalue weighted by atomic mass is 10.2. The lowest BCUT2D eigenvalue weighted by molar-refractivity contribution is 1.05. The number of anilines is 1. The summed E-state index contributed by atoms with van der Waals surface area (Å²) in [4.78, 5) is 0. The zero-order valence-corrected chi connectivity index (χ0v) is 13.5. The van der Waals surface area contributed by atoms with E-state index in [0.29, 0.717) is 10.1 Å². The highest BCUT2D eigenvalue weighted by Crippen LogP contribution is 2.13. The molecule has 2 aromatic carbocycles. The van der Waals surface area contributed by atoms with Gasteiger partial charge in [0.15, 0.2) is 5.11 Å². The van der Waals surface area contributed by atoms with Crippen molar-refractivity contribution in [1.29, 1.82) is 0 Å². The summed E-state index contributed by atoms with van der Waals surface area (Å²) < 4.78 is 1.00. The molecule has 0 saturated carbocycles. The van der Waals surface area contributed by atoms with Crippen molar-refractivity contribution in [1.82, 2.24) is 5.43 Å². The first-order chi connectivity index (χ1) is 9.63. The fourth-order valence-corrected chi connectivity index (χ4v) is 2.16. The van der Waals surface area contributed by atoms with Gasteiger partial charge in [-0.05, 0) is 54.2 Å². The van der Waals surface area contributed by atoms with Gasteiger partial charge in [-0.1, -0.05) is 39.7 Å². The quantitative estimate of drug-likeness (QED) is 0.478. The maximum absolute atomic E-state index is 5.81. The maximum atomic E-state index is 5.81. The number of nitrogens with zero attached hydrogens (tertiary/aromatic N) is 1. The van der Waals surface area contributed by atoms with E-state index in [0.717, 1.165) is 15.7 Å². The van der Waals surface area contributed by atoms with Crippen molar-refractivity contribution in [2.24, 2.45) is 5.10 Å². The van der Waals surface area contributed by atoms with Gasteiger partial charge in [0.25, 0.3) is 0 Å². The minimum atomic E-state index is 0.415. The molecule has 0 amide bonds. The average Bonchev–Trinajstić information content (AvgIpc) is 2.41. The highest BCUT2D eigenvalue weighted by atomic mass is 79.9. The van der Waals surface area contributed by atoms with Gasteiger partial charge in [0.2, 0.25) is 0 Å². The number of hydrogen-bond donors (Lipinski definition) is 2. The van der Waals surface area contributed by atoms with Crippen LogP contribution in [0.3, 0.4) is 0 Å². The standard InChI is InChI=1S/C14H11BrClN3S/c15-11-3-1-2-10(8-11)9-17-19-14(20)18-13-6-4-12(16)5-7-13/h1-9H,(H2,18,19,20). The minimum absolute atomic E-state index is 0.415. The Morgan fingerprint density at radius 2 is 1.95 bits per heavy atom. The molecule has 0 spiro atoms. The lowest BCUT2D eigenvalue weighted by Gasteiger charge is -2.06. The molecule has 0 unspecified atom stereocenters. The Morgan fingerprint density at radius 3 is 2.65 bits per heavy atom. The van der Waals surface area contributed by atoms with Crippen molar-refractivity contribution in [3.05, 3.63) is 63.6 Å². The summed E-state index contributed by atoms with van der Waals surface area (Å²) in [6.45, 7) is 0. The molecule has 2 aromatic rings. The van der Waals surface area contributed by atoms with E-state index in [-0.39, 0.29) is 0 Å². The summed E-state index contributed by atoms with van der Waals surface area (Å²) in [7, 11) is 0. The zero-order valence-electron chi connectivity index (χ0n) is 10.3. The number of rotatable bonds is 3. The van der Waals surface area contributed by atoms with Crippen LogP contribution in [0.25, 0.3) is 0 Å². The van der Waals surface area contributed by atoms with Crippen LogP contribution < -0.4 is 10.7 Å². The number of thiocarbonyl (C=S) groups is 1. The Kier molecular flexibility index (Phi) is 5.52. The Labute approximate surface area is 136 Å². The number of nitrogens with one attached hydrogen (secondary N) is 2. The van der Waals surface area contributed by atoms with Crippen LogP contribution >= 0.6 is 39.7 Å². The third-order valence-corrected chi connectivity index (χ3v) is 3.27. The summed E-state index contributed by atoms with van der Waals surface area (Å²) in [6, 6.07) is 15.1. The van der Waals surface area contributed by atoms with Crippen LogP contribution in [0, 0.1) is 0 Å². The van der Waals surface area contributed by atoms with Crippen molar-refractivity contribution in [2.45, 2.75) is 0 Å². The maximum Gasteiger partial charge on any atom is 0.191 e. The van der Waals surface area contributed by atoms with E-state index in [1.165, 1.54) is 0 Å². The van der Waals surface area contributed by atoms with Gasteiger partial charge in [-0.25, -0.2) is 0 Å². The molecular formula is C14H11BrClN3S. The second kappa shape index (κ2) is 7.38. The highest BCUT2D eigenvalue weighted by Gasteiger charge is 1.96. The normalized spacial score (nSPS) is 10.5. The van der Waals surface area contributed by atoms with E-state index in [1.807, 2.05) is 36.4 Å². The van der Waals surface area contributed by atoms with Crippen LogP contribution in [0.4, 0.5) is 5.69 Å². The van der Waals surface area contributed by atoms with Gasteiger partial charge in [0, 0.05) is 15.2 Å². The molecule has 2 N–H and O–H groups in total. The zero-order chi connectivity index (χ0) is 14.4. The molecule has 20 heavy (non-hydrogen) atoms. The van der Waals surface area contributed by atoms with Gasteiger partial charge in [-0.15, -0.1) is 0 Å². The Balaban J connectivity index is 1.87. The first kappa shape index (κ1) is 15.0.